The maximum Gasteiger partial charge on any atom is 0.00956 e. The van der Waals surface area contributed by atoms with Gasteiger partial charge in [0.05, 0.1) is 0 Å². The molecule has 0 aromatic carbocycles. The van der Waals surface area contributed by atoms with Crippen molar-refractivity contribution >= 4 is 0 Å². The van der Waals surface area contributed by atoms with E-state index in [1.807, 2.05) is 0 Å². The molecule has 0 saturated heterocycles. The first-order chi connectivity index (χ1) is 8.17. The molecule has 0 aromatic rings. The monoisotopic (exact) mass is 240 g/mol. The van der Waals surface area contributed by atoms with Crippen molar-refractivity contribution in [3.05, 3.63) is 0 Å². The molecule has 1 N–H and O–H groups in total. The normalized spacial score (nSPS) is 25.1. The second kappa shape index (κ2) is 8.10. The zero-order chi connectivity index (χ0) is 12.7. The first-order valence-corrected chi connectivity index (χ1v) is 7.63. The largest absolute Gasteiger partial charge is 0.314 e. The molecule has 0 radical (unpaired) electrons. The third-order valence-electron chi connectivity index (χ3n) is 4.01. The molecule has 0 bridgehead atoms. The zero-order valence-electron chi connectivity index (χ0n) is 12.3. The van der Waals surface area contributed by atoms with Crippen LogP contribution in [0.15, 0.2) is 0 Å². The predicted octanol–water partition coefficient (Wildman–Crippen LogP) is 3.13. The van der Waals surface area contributed by atoms with E-state index in [1.165, 1.54) is 45.3 Å². The van der Waals surface area contributed by atoms with E-state index in [9.17, 15) is 0 Å². The standard InChI is InChI=1S/C15H32N2/c1-5-16-15-9-7-8-14(15)10-11-17(6-2)12-13(3)4/h13-16H,5-12H2,1-4H3. The highest BCUT2D eigenvalue weighted by Gasteiger charge is 2.26. The number of hydrogen-bond acceptors (Lipinski definition) is 2. The van der Waals surface area contributed by atoms with E-state index >= 15 is 0 Å². The van der Waals surface area contributed by atoms with Crippen LogP contribution in [0.3, 0.4) is 0 Å². The van der Waals surface area contributed by atoms with Crippen LogP contribution < -0.4 is 5.32 Å². The zero-order valence-corrected chi connectivity index (χ0v) is 12.3. The average molecular weight is 240 g/mol. The maximum absolute atomic E-state index is 3.66. The molecule has 2 atom stereocenters. The van der Waals surface area contributed by atoms with E-state index in [4.69, 9.17) is 0 Å². The third kappa shape index (κ3) is 5.39. The molecule has 0 spiro atoms. The topological polar surface area (TPSA) is 15.3 Å². The van der Waals surface area contributed by atoms with Gasteiger partial charge < -0.3 is 10.2 Å². The van der Waals surface area contributed by atoms with Crippen molar-refractivity contribution in [1.29, 1.82) is 0 Å². The lowest BCUT2D eigenvalue weighted by Crippen LogP contribution is -2.35. The molecule has 0 amide bonds. The second-order valence-corrected chi connectivity index (χ2v) is 5.93. The van der Waals surface area contributed by atoms with Gasteiger partial charge in [0.25, 0.3) is 0 Å². The smallest absolute Gasteiger partial charge is 0.00956 e. The van der Waals surface area contributed by atoms with E-state index in [0.717, 1.165) is 24.4 Å². The van der Waals surface area contributed by atoms with Crippen molar-refractivity contribution in [3.8, 4) is 0 Å². The summed E-state index contributed by atoms with van der Waals surface area (Å²) in [4.78, 5) is 2.62. The van der Waals surface area contributed by atoms with Crippen LogP contribution in [-0.2, 0) is 0 Å². The van der Waals surface area contributed by atoms with Gasteiger partial charge in [0, 0.05) is 12.6 Å². The van der Waals surface area contributed by atoms with Crippen LogP contribution in [0, 0.1) is 11.8 Å². The highest BCUT2D eigenvalue weighted by Crippen LogP contribution is 2.28. The Bertz CT molecular complexity index is 191. The Morgan fingerprint density at radius 3 is 2.59 bits per heavy atom. The van der Waals surface area contributed by atoms with Gasteiger partial charge in [-0.15, -0.1) is 0 Å². The average Bonchev–Trinajstić information content (AvgIpc) is 2.72. The highest BCUT2D eigenvalue weighted by atomic mass is 15.1. The highest BCUT2D eigenvalue weighted by molar-refractivity contribution is 4.83. The summed E-state index contributed by atoms with van der Waals surface area (Å²) in [6.07, 6.45) is 5.66. The van der Waals surface area contributed by atoms with Crippen molar-refractivity contribution in [2.24, 2.45) is 11.8 Å². The molecule has 102 valence electrons. The molecular weight excluding hydrogens is 208 g/mol. The van der Waals surface area contributed by atoms with E-state index in [2.05, 4.69) is 37.9 Å². The summed E-state index contributed by atoms with van der Waals surface area (Å²) in [7, 11) is 0. The third-order valence-corrected chi connectivity index (χ3v) is 4.01. The molecule has 1 aliphatic carbocycles. The van der Waals surface area contributed by atoms with Crippen molar-refractivity contribution in [2.45, 2.75) is 59.4 Å². The van der Waals surface area contributed by atoms with Crippen LogP contribution in [0.2, 0.25) is 0 Å². The van der Waals surface area contributed by atoms with Crippen LogP contribution in [0.4, 0.5) is 0 Å². The number of nitrogens with one attached hydrogen (secondary N) is 1. The molecule has 2 unspecified atom stereocenters. The van der Waals surface area contributed by atoms with E-state index in [0.29, 0.717) is 0 Å². The summed E-state index contributed by atoms with van der Waals surface area (Å²) < 4.78 is 0. The van der Waals surface area contributed by atoms with Crippen molar-refractivity contribution in [2.75, 3.05) is 26.2 Å². The Kier molecular flexibility index (Phi) is 7.14. The quantitative estimate of drug-likeness (QED) is 0.701. The Morgan fingerprint density at radius 2 is 2.00 bits per heavy atom. The molecule has 2 nitrogen and oxygen atoms in total. The SMILES string of the molecule is CCNC1CCCC1CCN(CC)CC(C)C. The molecule has 0 heterocycles. The lowest BCUT2D eigenvalue weighted by atomic mass is 9.99. The summed E-state index contributed by atoms with van der Waals surface area (Å²) in [6, 6.07) is 0.803. The minimum atomic E-state index is 0.795. The van der Waals surface area contributed by atoms with E-state index < -0.39 is 0 Å². The molecule has 17 heavy (non-hydrogen) atoms. The summed E-state index contributed by atoms with van der Waals surface area (Å²) in [5.74, 6) is 1.72. The van der Waals surface area contributed by atoms with Gasteiger partial charge in [-0.3, -0.25) is 0 Å². The molecule has 0 aromatic heterocycles. The fourth-order valence-electron chi connectivity index (χ4n) is 3.16. The summed E-state index contributed by atoms with van der Waals surface area (Å²) in [6.45, 7) is 14.0. The van der Waals surface area contributed by atoms with Crippen molar-refractivity contribution in [3.63, 3.8) is 0 Å². The van der Waals surface area contributed by atoms with E-state index in [-0.39, 0.29) is 0 Å². The predicted molar refractivity (Wildman–Crippen MR) is 76.4 cm³/mol. The molecule has 1 saturated carbocycles. The van der Waals surface area contributed by atoms with Crippen LogP contribution in [0.1, 0.15) is 53.4 Å². The van der Waals surface area contributed by atoms with E-state index in [1.54, 1.807) is 0 Å². The summed E-state index contributed by atoms with van der Waals surface area (Å²) in [5.41, 5.74) is 0. The Labute approximate surface area is 108 Å². The van der Waals surface area contributed by atoms with Gasteiger partial charge in [-0.1, -0.05) is 34.1 Å². The molecule has 0 aliphatic heterocycles. The minimum absolute atomic E-state index is 0.795. The number of nitrogens with zero attached hydrogens (tertiary/aromatic N) is 1. The van der Waals surface area contributed by atoms with Crippen LogP contribution in [0.5, 0.6) is 0 Å². The first-order valence-electron chi connectivity index (χ1n) is 7.63. The van der Waals surface area contributed by atoms with Gasteiger partial charge in [-0.05, 0) is 50.7 Å². The Morgan fingerprint density at radius 1 is 1.24 bits per heavy atom. The van der Waals surface area contributed by atoms with Gasteiger partial charge in [-0.25, -0.2) is 0 Å². The summed E-state index contributed by atoms with van der Waals surface area (Å²) in [5, 5.41) is 3.66. The minimum Gasteiger partial charge on any atom is -0.314 e. The van der Waals surface area contributed by atoms with Crippen molar-refractivity contribution in [1.82, 2.24) is 10.2 Å². The first kappa shape index (κ1) is 15.0. The Balaban J connectivity index is 2.27. The second-order valence-electron chi connectivity index (χ2n) is 5.93. The maximum atomic E-state index is 3.66. The number of hydrogen-bond donors (Lipinski definition) is 1. The van der Waals surface area contributed by atoms with Gasteiger partial charge >= 0.3 is 0 Å². The van der Waals surface area contributed by atoms with Gasteiger partial charge in [0.2, 0.25) is 0 Å². The molecular formula is C15H32N2. The Hall–Kier alpha value is -0.0800. The fourth-order valence-corrected chi connectivity index (χ4v) is 3.16. The lowest BCUT2D eigenvalue weighted by molar-refractivity contribution is 0.228. The molecule has 1 rings (SSSR count). The molecule has 1 aliphatic rings. The van der Waals surface area contributed by atoms with Crippen molar-refractivity contribution < 1.29 is 0 Å². The number of rotatable bonds is 8. The van der Waals surface area contributed by atoms with Gasteiger partial charge in [0.15, 0.2) is 0 Å². The lowest BCUT2D eigenvalue weighted by Gasteiger charge is -2.26. The fraction of sp³-hybridized carbons (Fsp3) is 1.00. The van der Waals surface area contributed by atoms with Crippen LogP contribution in [-0.4, -0.2) is 37.1 Å². The van der Waals surface area contributed by atoms with Gasteiger partial charge in [0.1, 0.15) is 0 Å². The van der Waals surface area contributed by atoms with Crippen LogP contribution in [0.25, 0.3) is 0 Å². The van der Waals surface area contributed by atoms with Crippen LogP contribution >= 0.6 is 0 Å². The molecule has 1 fully saturated rings. The summed E-state index contributed by atoms with van der Waals surface area (Å²) >= 11 is 0. The van der Waals surface area contributed by atoms with Gasteiger partial charge in [-0.2, -0.15) is 0 Å². The molecule has 2 heteroatoms.